The van der Waals surface area contributed by atoms with Gasteiger partial charge in [-0.25, -0.2) is 4.79 Å². The number of esters is 1. The molecule has 6 heteroatoms. The number of carbonyl (C=O) groups is 2. The first-order valence-electron chi connectivity index (χ1n) is 6.86. The summed E-state index contributed by atoms with van der Waals surface area (Å²) in [4.78, 5) is 23.9. The molecule has 1 N–H and O–H groups in total. The van der Waals surface area contributed by atoms with Crippen molar-refractivity contribution in [1.29, 1.82) is 0 Å². The number of hydrogen-bond donors (Lipinski definition) is 1. The Morgan fingerprint density at radius 1 is 1.09 bits per heavy atom. The van der Waals surface area contributed by atoms with E-state index >= 15 is 0 Å². The summed E-state index contributed by atoms with van der Waals surface area (Å²) in [5, 5.41) is 3.29. The second kappa shape index (κ2) is 7.49. The molecule has 0 spiro atoms. The van der Waals surface area contributed by atoms with Crippen molar-refractivity contribution in [3.8, 4) is 0 Å². The van der Waals surface area contributed by atoms with Gasteiger partial charge in [0.25, 0.3) is 5.91 Å². The van der Waals surface area contributed by atoms with Crippen LogP contribution in [0.4, 0.5) is 5.69 Å². The van der Waals surface area contributed by atoms with Crippen molar-refractivity contribution >= 4 is 40.8 Å². The van der Waals surface area contributed by atoms with Gasteiger partial charge in [0.2, 0.25) is 0 Å². The second-order valence-corrected chi connectivity index (χ2v) is 5.91. The average Bonchev–Trinajstić information content (AvgIpc) is 2.51. The van der Waals surface area contributed by atoms with Gasteiger partial charge >= 0.3 is 5.97 Å². The zero-order valence-corrected chi connectivity index (χ0v) is 14.2. The molecular formula is C17H15Cl2NO3. The van der Waals surface area contributed by atoms with Crippen LogP contribution in [-0.2, 0) is 9.53 Å². The number of aryl methyl sites for hydroxylation is 2. The lowest BCUT2D eigenvalue weighted by molar-refractivity contribution is -0.119. The molecule has 0 saturated carbocycles. The standard InChI is InChI=1S/C17H15Cl2NO3/c1-10-3-4-11(2)15(7-10)20-16(21)9-23-17(22)13-8-12(18)5-6-14(13)19/h3-8H,9H2,1-2H3,(H,20,21). The van der Waals surface area contributed by atoms with E-state index in [1.54, 1.807) is 6.07 Å². The molecule has 0 saturated heterocycles. The Morgan fingerprint density at radius 3 is 2.57 bits per heavy atom. The Hall–Kier alpha value is -2.04. The molecule has 2 rings (SSSR count). The fourth-order valence-electron chi connectivity index (χ4n) is 1.92. The molecule has 0 bridgehead atoms. The molecule has 0 fully saturated rings. The maximum atomic E-state index is 12.0. The van der Waals surface area contributed by atoms with E-state index < -0.39 is 18.5 Å². The molecule has 0 atom stereocenters. The summed E-state index contributed by atoms with van der Waals surface area (Å²) >= 11 is 11.7. The van der Waals surface area contributed by atoms with Crippen LogP contribution in [0.5, 0.6) is 0 Å². The molecule has 2 aromatic carbocycles. The molecule has 0 unspecified atom stereocenters. The predicted molar refractivity (Wildman–Crippen MR) is 91.3 cm³/mol. The van der Waals surface area contributed by atoms with Crippen molar-refractivity contribution in [1.82, 2.24) is 0 Å². The van der Waals surface area contributed by atoms with Gasteiger partial charge in [0.15, 0.2) is 6.61 Å². The van der Waals surface area contributed by atoms with Crippen molar-refractivity contribution in [2.75, 3.05) is 11.9 Å². The van der Waals surface area contributed by atoms with E-state index in [1.165, 1.54) is 12.1 Å². The first kappa shape index (κ1) is 17.3. The maximum Gasteiger partial charge on any atom is 0.340 e. The number of ether oxygens (including phenoxy) is 1. The lowest BCUT2D eigenvalue weighted by Gasteiger charge is -2.10. The number of hydrogen-bond acceptors (Lipinski definition) is 3. The van der Waals surface area contributed by atoms with E-state index in [9.17, 15) is 9.59 Å². The Kier molecular flexibility index (Phi) is 5.64. The zero-order chi connectivity index (χ0) is 17.0. The summed E-state index contributed by atoms with van der Waals surface area (Å²) in [5.41, 5.74) is 2.76. The maximum absolute atomic E-state index is 12.0. The Labute approximate surface area is 144 Å². The SMILES string of the molecule is Cc1ccc(C)c(NC(=O)COC(=O)c2cc(Cl)ccc2Cl)c1. The number of carbonyl (C=O) groups excluding carboxylic acids is 2. The van der Waals surface area contributed by atoms with Gasteiger partial charge in [0.1, 0.15) is 0 Å². The molecule has 0 heterocycles. The van der Waals surface area contributed by atoms with Crippen LogP contribution in [0.15, 0.2) is 36.4 Å². The Morgan fingerprint density at radius 2 is 1.83 bits per heavy atom. The smallest absolute Gasteiger partial charge is 0.340 e. The quantitative estimate of drug-likeness (QED) is 0.830. The minimum Gasteiger partial charge on any atom is -0.452 e. The lowest BCUT2D eigenvalue weighted by atomic mass is 10.1. The number of nitrogens with one attached hydrogen (secondary N) is 1. The van der Waals surface area contributed by atoms with Crippen LogP contribution in [0.25, 0.3) is 0 Å². The molecule has 0 aliphatic carbocycles. The minimum atomic E-state index is -0.700. The highest BCUT2D eigenvalue weighted by atomic mass is 35.5. The van der Waals surface area contributed by atoms with E-state index in [0.29, 0.717) is 10.7 Å². The predicted octanol–water partition coefficient (Wildman–Crippen LogP) is 4.41. The fraction of sp³-hybridized carbons (Fsp3) is 0.176. The third kappa shape index (κ3) is 4.71. The summed E-state index contributed by atoms with van der Waals surface area (Å²) in [6.45, 7) is 3.40. The van der Waals surface area contributed by atoms with E-state index in [4.69, 9.17) is 27.9 Å². The van der Waals surface area contributed by atoms with Crippen LogP contribution >= 0.6 is 23.2 Å². The van der Waals surface area contributed by atoms with Crippen LogP contribution < -0.4 is 5.32 Å². The number of anilines is 1. The van der Waals surface area contributed by atoms with Gasteiger partial charge in [-0.15, -0.1) is 0 Å². The van der Waals surface area contributed by atoms with Crippen LogP contribution in [0.1, 0.15) is 21.5 Å². The number of amides is 1. The van der Waals surface area contributed by atoms with Crippen LogP contribution in [0.2, 0.25) is 10.0 Å². The van der Waals surface area contributed by atoms with E-state index in [1.807, 2.05) is 32.0 Å². The molecular weight excluding hydrogens is 337 g/mol. The third-order valence-corrected chi connectivity index (χ3v) is 3.71. The highest BCUT2D eigenvalue weighted by Crippen LogP contribution is 2.21. The van der Waals surface area contributed by atoms with Crippen molar-refractivity contribution in [3.63, 3.8) is 0 Å². The van der Waals surface area contributed by atoms with Gasteiger partial charge < -0.3 is 10.1 Å². The number of benzene rings is 2. The van der Waals surface area contributed by atoms with Gasteiger partial charge in [0.05, 0.1) is 10.6 Å². The topological polar surface area (TPSA) is 55.4 Å². The molecule has 1 amide bonds. The van der Waals surface area contributed by atoms with Gasteiger partial charge in [0, 0.05) is 10.7 Å². The fourth-order valence-corrected chi connectivity index (χ4v) is 2.29. The zero-order valence-electron chi connectivity index (χ0n) is 12.7. The summed E-state index contributed by atoms with van der Waals surface area (Å²) < 4.78 is 4.97. The molecule has 0 aliphatic rings. The third-order valence-electron chi connectivity index (χ3n) is 3.15. The Bertz CT molecular complexity index is 759. The van der Waals surface area contributed by atoms with Crippen molar-refractivity contribution in [2.45, 2.75) is 13.8 Å². The van der Waals surface area contributed by atoms with Crippen molar-refractivity contribution in [2.24, 2.45) is 0 Å². The first-order chi connectivity index (χ1) is 10.9. The number of rotatable bonds is 4. The molecule has 0 aromatic heterocycles. The van der Waals surface area contributed by atoms with Crippen LogP contribution in [-0.4, -0.2) is 18.5 Å². The normalized spacial score (nSPS) is 10.3. The van der Waals surface area contributed by atoms with Gasteiger partial charge in [-0.3, -0.25) is 4.79 Å². The largest absolute Gasteiger partial charge is 0.452 e. The molecule has 0 radical (unpaired) electrons. The van der Waals surface area contributed by atoms with E-state index in [0.717, 1.165) is 11.1 Å². The molecule has 0 aliphatic heterocycles. The average molecular weight is 352 g/mol. The molecule has 2 aromatic rings. The van der Waals surface area contributed by atoms with E-state index in [-0.39, 0.29) is 10.6 Å². The summed E-state index contributed by atoms with van der Waals surface area (Å²) in [6.07, 6.45) is 0. The van der Waals surface area contributed by atoms with Crippen LogP contribution in [0.3, 0.4) is 0 Å². The van der Waals surface area contributed by atoms with E-state index in [2.05, 4.69) is 5.32 Å². The van der Waals surface area contributed by atoms with Crippen molar-refractivity contribution in [3.05, 3.63) is 63.1 Å². The molecule has 120 valence electrons. The highest BCUT2D eigenvalue weighted by Gasteiger charge is 2.14. The summed E-state index contributed by atoms with van der Waals surface area (Å²) in [5.74, 6) is -1.13. The highest BCUT2D eigenvalue weighted by molar-refractivity contribution is 6.35. The van der Waals surface area contributed by atoms with Crippen molar-refractivity contribution < 1.29 is 14.3 Å². The van der Waals surface area contributed by atoms with Gasteiger partial charge in [-0.05, 0) is 49.2 Å². The molecule has 4 nitrogen and oxygen atoms in total. The first-order valence-corrected chi connectivity index (χ1v) is 7.61. The monoisotopic (exact) mass is 351 g/mol. The minimum absolute atomic E-state index is 0.124. The lowest BCUT2D eigenvalue weighted by Crippen LogP contribution is -2.21. The Balaban J connectivity index is 1.97. The second-order valence-electron chi connectivity index (χ2n) is 5.07. The number of halogens is 2. The summed E-state index contributed by atoms with van der Waals surface area (Å²) in [6, 6.07) is 10.2. The van der Waals surface area contributed by atoms with Gasteiger partial charge in [-0.1, -0.05) is 35.3 Å². The summed E-state index contributed by atoms with van der Waals surface area (Å²) in [7, 11) is 0. The van der Waals surface area contributed by atoms with Gasteiger partial charge in [-0.2, -0.15) is 0 Å². The molecule has 23 heavy (non-hydrogen) atoms. The van der Waals surface area contributed by atoms with Crippen LogP contribution in [0, 0.1) is 13.8 Å².